The molecule has 3 nitrogen and oxygen atoms in total. The Labute approximate surface area is 133 Å². The van der Waals surface area contributed by atoms with E-state index in [1.54, 1.807) is 0 Å². The van der Waals surface area contributed by atoms with E-state index in [2.05, 4.69) is 64.3 Å². The third-order valence-corrected chi connectivity index (χ3v) is 4.15. The van der Waals surface area contributed by atoms with Crippen LogP contribution < -0.4 is 10.1 Å². The van der Waals surface area contributed by atoms with Gasteiger partial charge in [-0.3, -0.25) is 4.98 Å². The standard InChI is InChI=1S/C17H19BrN2O/c1-3-20-17(14-8-15(18)10-19-9-14)12-4-5-16-13(7-12)6-11(2)21-16/h4-5,7-11,17,20H,3,6H2,1-2H3. The molecule has 110 valence electrons. The molecule has 4 heteroatoms. The molecule has 1 aliphatic heterocycles. The van der Waals surface area contributed by atoms with Gasteiger partial charge in [0, 0.05) is 23.3 Å². The zero-order chi connectivity index (χ0) is 14.8. The van der Waals surface area contributed by atoms with Crippen LogP contribution >= 0.6 is 15.9 Å². The number of fused-ring (bicyclic) bond motifs is 1. The fourth-order valence-electron chi connectivity index (χ4n) is 2.84. The lowest BCUT2D eigenvalue weighted by molar-refractivity contribution is 0.254. The Kier molecular flexibility index (Phi) is 4.27. The summed E-state index contributed by atoms with van der Waals surface area (Å²) in [6.07, 6.45) is 4.99. The number of aromatic nitrogens is 1. The Bertz CT molecular complexity index is 644. The van der Waals surface area contributed by atoms with Crippen LogP contribution in [0, 0.1) is 0 Å². The highest BCUT2D eigenvalue weighted by Crippen LogP contribution is 2.33. The van der Waals surface area contributed by atoms with Crippen LogP contribution in [0.3, 0.4) is 0 Å². The molecule has 0 spiro atoms. The van der Waals surface area contributed by atoms with Gasteiger partial charge in [-0.05, 0) is 58.2 Å². The molecule has 1 N–H and O–H groups in total. The largest absolute Gasteiger partial charge is 0.490 e. The van der Waals surface area contributed by atoms with Crippen molar-refractivity contribution in [1.82, 2.24) is 10.3 Å². The fourth-order valence-corrected chi connectivity index (χ4v) is 3.22. The Morgan fingerprint density at radius 3 is 2.95 bits per heavy atom. The fraction of sp³-hybridized carbons (Fsp3) is 0.353. The third-order valence-electron chi connectivity index (χ3n) is 3.72. The molecule has 0 amide bonds. The second-order valence-corrected chi connectivity index (χ2v) is 6.34. The molecule has 0 aliphatic carbocycles. The number of hydrogen-bond acceptors (Lipinski definition) is 3. The molecule has 0 saturated carbocycles. The van der Waals surface area contributed by atoms with Gasteiger partial charge in [-0.25, -0.2) is 0 Å². The molecule has 0 fully saturated rings. The van der Waals surface area contributed by atoms with Crippen molar-refractivity contribution in [2.45, 2.75) is 32.4 Å². The van der Waals surface area contributed by atoms with Crippen molar-refractivity contribution in [3.05, 3.63) is 57.8 Å². The molecular weight excluding hydrogens is 328 g/mol. The van der Waals surface area contributed by atoms with Crippen LogP contribution in [0.5, 0.6) is 5.75 Å². The van der Waals surface area contributed by atoms with Crippen molar-refractivity contribution in [3.63, 3.8) is 0 Å². The van der Waals surface area contributed by atoms with Crippen LogP contribution in [0.4, 0.5) is 0 Å². The van der Waals surface area contributed by atoms with Crippen molar-refractivity contribution in [2.24, 2.45) is 0 Å². The summed E-state index contributed by atoms with van der Waals surface area (Å²) in [7, 11) is 0. The van der Waals surface area contributed by atoms with Crippen molar-refractivity contribution in [2.75, 3.05) is 6.54 Å². The third kappa shape index (κ3) is 3.11. The summed E-state index contributed by atoms with van der Waals surface area (Å²) in [5, 5.41) is 3.54. The second kappa shape index (κ2) is 6.16. The molecular formula is C17H19BrN2O. The van der Waals surface area contributed by atoms with Crippen molar-refractivity contribution in [1.29, 1.82) is 0 Å². The first kappa shape index (κ1) is 14.5. The van der Waals surface area contributed by atoms with Gasteiger partial charge in [0.05, 0.1) is 6.04 Å². The molecule has 2 unspecified atom stereocenters. The maximum atomic E-state index is 5.79. The first-order chi connectivity index (χ1) is 10.2. The van der Waals surface area contributed by atoms with Crippen LogP contribution in [0.2, 0.25) is 0 Å². The monoisotopic (exact) mass is 346 g/mol. The highest BCUT2D eigenvalue weighted by molar-refractivity contribution is 9.10. The molecule has 2 atom stereocenters. The Balaban J connectivity index is 1.96. The van der Waals surface area contributed by atoms with Gasteiger partial charge in [-0.2, -0.15) is 0 Å². The van der Waals surface area contributed by atoms with E-state index >= 15 is 0 Å². The van der Waals surface area contributed by atoms with Gasteiger partial charge in [0.2, 0.25) is 0 Å². The number of benzene rings is 1. The molecule has 3 rings (SSSR count). The van der Waals surface area contributed by atoms with Crippen LogP contribution in [-0.4, -0.2) is 17.6 Å². The summed E-state index contributed by atoms with van der Waals surface area (Å²) >= 11 is 3.50. The molecule has 1 aromatic carbocycles. The van der Waals surface area contributed by atoms with Crippen LogP contribution in [0.1, 0.15) is 36.6 Å². The molecule has 1 aromatic heterocycles. The molecule has 0 radical (unpaired) electrons. The maximum absolute atomic E-state index is 5.79. The van der Waals surface area contributed by atoms with Gasteiger partial charge >= 0.3 is 0 Å². The summed E-state index contributed by atoms with van der Waals surface area (Å²) in [4.78, 5) is 4.29. The Morgan fingerprint density at radius 2 is 2.19 bits per heavy atom. The van der Waals surface area contributed by atoms with E-state index in [1.807, 2.05) is 12.4 Å². The number of rotatable bonds is 4. The SMILES string of the molecule is CCNC(c1cncc(Br)c1)c1ccc2c(c1)CC(C)O2. The molecule has 1 aliphatic rings. The zero-order valence-corrected chi connectivity index (χ0v) is 13.9. The van der Waals surface area contributed by atoms with Gasteiger partial charge in [0.1, 0.15) is 11.9 Å². The second-order valence-electron chi connectivity index (χ2n) is 5.43. The zero-order valence-electron chi connectivity index (χ0n) is 12.3. The van der Waals surface area contributed by atoms with E-state index < -0.39 is 0 Å². The smallest absolute Gasteiger partial charge is 0.123 e. The normalized spacial score (nSPS) is 18.1. The lowest BCUT2D eigenvalue weighted by Gasteiger charge is -2.19. The molecule has 2 heterocycles. The lowest BCUT2D eigenvalue weighted by Crippen LogP contribution is -2.22. The van der Waals surface area contributed by atoms with E-state index in [9.17, 15) is 0 Å². The highest BCUT2D eigenvalue weighted by Gasteiger charge is 2.21. The number of ether oxygens (including phenoxy) is 1. The van der Waals surface area contributed by atoms with Gasteiger partial charge in [0.25, 0.3) is 0 Å². The molecule has 0 bridgehead atoms. The minimum absolute atomic E-state index is 0.154. The summed E-state index contributed by atoms with van der Waals surface area (Å²) in [5.41, 5.74) is 3.72. The summed E-state index contributed by atoms with van der Waals surface area (Å²) in [5.74, 6) is 1.02. The first-order valence-corrected chi connectivity index (χ1v) is 8.10. The van der Waals surface area contributed by atoms with Crippen LogP contribution in [0.15, 0.2) is 41.1 Å². The van der Waals surface area contributed by atoms with Gasteiger partial charge in [0.15, 0.2) is 0 Å². The van der Waals surface area contributed by atoms with Gasteiger partial charge in [-0.1, -0.05) is 19.1 Å². The van der Waals surface area contributed by atoms with E-state index in [4.69, 9.17) is 4.74 Å². The Hall–Kier alpha value is -1.39. The average Bonchev–Trinajstić information content (AvgIpc) is 2.83. The minimum atomic E-state index is 0.154. The average molecular weight is 347 g/mol. The van der Waals surface area contributed by atoms with E-state index in [-0.39, 0.29) is 12.1 Å². The molecule has 2 aromatic rings. The van der Waals surface area contributed by atoms with Crippen LogP contribution in [0.25, 0.3) is 0 Å². The maximum Gasteiger partial charge on any atom is 0.123 e. The highest BCUT2D eigenvalue weighted by atomic mass is 79.9. The summed E-state index contributed by atoms with van der Waals surface area (Å²) in [6, 6.07) is 8.76. The topological polar surface area (TPSA) is 34.2 Å². The summed E-state index contributed by atoms with van der Waals surface area (Å²) in [6.45, 7) is 5.14. The first-order valence-electron chi connectivity index (χ1n) is 7.30. The van der Waals surface area contributed by atoms with Gasteiger partial charge < -0.3 is 10.1 Å². The van der Waals surface area contributed by atoms with E-state index in [0.29, 0.717) is 0 Å². The Morgan fingerprint density at radius 1 is 1.33 bits per heavy atom. The van der Waals surface area contributed by atoms with Gasteiger partial charge in [-0.15, -0.1) is 0 Å². The number of nitrogens with one attached hydrogen (secondary N) is 1. The van der Waals surface area contributed by atoms with Crippen molar-refractivity contribution < 1.29 is 4.74 Å². The van der Waals surface area contributed by atoms with E-state index in [0.717, 1.165) is 28.8 Å². The molecule has 0 saturated heterocycles. The summed E-state index contributed by atoms with van der Waals surface area (Å²) < 4.78 is 6.79. The predicted octanol–water partition coefficient (Wildman–Crippen LogP) is 3.87. The number of hydrogen-bond donors (Lipinski definition) is 1. The lowest BCUT2D eigenvalue weighted by atomic mass is 9.97. The van der Waals surface area contributed by atoms with Crippen molar-refractivity contribution in [3.8, 4) is 5.75 Å². The number of nitrogens with zero attached hydrogens (tertiary/aromatic N) is 1. The van der Waals surface area contributed by atoms with Crippen LogP contribution in [-0.2, 0) is 6.42 Å². The predicted molar refractivity (Wildman–Crippen MR) is 87.7 cm³/mol. The van der Waals surface area contributed by atoms with E-state index in [1.165, 1.54) is 11.1 Å². The van der Waals surface area contributed by atoms with Crippen molar-refractivity contribution >= 4 is 15.9 Å². The molecule has 21 heavy (non-hydrogen) atoms. The quantitative estimate of drug-likeness (QED) is 0.912. The number of halogens is 1. The minimum Gasteiger partial charge on any atom is -0.490 e. The number of pyridine rings is 1.